The maximum atomic E-state index is 5.25. The third-order valence-electron chi connectivity index (χ3n) is 1.67. The summed E-state index contributed by atoms with van der Waals surface area (Å²) in [5.41, 5.74) is 2.18. The molecule has 1 heteroatoms. The normalized spacial score (nSPS) is 8.36. The Morgan fingerprint density at radius 1 is 0.929 bits per heavy atom. The molecule has 0 saturated heterocycles. The summed E-state index contributed by atoms with van der Waals surface area (Å²) < 4.78 is 5.25. The van der Waals surface area contributed by atoms with Crippen LogP contribution >= 0.6 is 0 Å². The van der Waals surface area contributed by atoms with E-state index in [2.05, 4.69) is 6.07 Å². The fraction of sp³-hybridized carbons (Fsp3) is 0.385. The summed E-state index contributed by atoms with van der Waals surface area (Å²) in [6, 6.07) is 8.03. The second kappa shape index (κ2) is 7.19. The first-order valence-corrected chi connectivity index (χ1v) is 5.31. The third kappa shape index (κ3) is 2.91. The van der Waals surface area contributed by atoms with E-state index in [9.17, 15) is 0 Å². The lowest BCUT2D eigenvalue weighted by Gasteiger charge is -1.84. The van der Waals surface area contributed by atoms with Crippen LogP contribution in [0, 0.1) is 6.92 Å². The summed E-state index contributed by atoms with van der Waals surface area (Å²) in [6.45, 7) is 10.0. The van der Waals surface area contributed by atoms with Crippen molar-refractivity contribution in [1.82, 2.24) is 0 Å². The fourth-order valence-corrected chi connectivity index (χ4v) is 1.11. The summed E-state index contributed by atoms with van der Waals surface area (Å²) in [6.07, 6.45) is 1.78. The third-order valence-corrected chi connectivity index (χ3v) is 1.67. The number of hydrogen-bond acceptors (Lipinski definition) is 1. The second-order valence-corrected chi connectivity index (χ2v) is 2.41. The highest BCUT2D eigenvalue weighted by Gasteiger charge is 1.97. The molecule has 2 aromatic rings. The molecule has 0 radical (unpaired) electrons. The number of benzene rings is 1. The summed E-state index contributed by atoms with van der Waals surface area (Å²) in [4.78, 5) is 0. The molecule has 0 atom stereocenters. The van der Waals surface area contributed by atoms with Gasteiger partial charge in [-0.1, -0.05) is 45.9 Å². The Kier molecular flexibility index (Phi) is 6.55. The van der Waals surface area contributed by atoms with Gasteiger partial charge in [-0.2, -0.15) is 0 Å². The molecular weight excluding hydrogens is 172 g/mol. The van der Waals surface area contributed by atoms with Gasteiger partial charge < -0.3 is 4.42 Å². The summed E-state index contributed by atoms with van der Waals surface area (Å²) >= 11 is 0. The maximum absolute atomic E-state index is 5.25. The number of fused-ring (bicyclic) bond motifs is 1. The Hall–Kier alpha value is -1.24. The quantitative estimate of drug-likeness (QED) is 0.584. The zero-order valence-electron chi connectivity index (χ0n) is 9.79. The predicted octanol–water partition coefficient (Wildman–Crippen LogP) is 4.79. The van der Waals surface area contributed by atoms with Crippen LogP contribution in [0.15, 0.2) is 34.9 Å². The van der Waals surface area contributed by atoms with Gasteiger partial charge in [0.15, 0.2) is 0 Å². The van der Waals surface area contributed by atoms with Crippen LogP contribution in [0.25, 0.3) is 11.0 Å². The van der Waals surface area contributed by atoms with Crippen molar-refractivity contribution in [3.63, 3.8) is 0 Å². The second-order valence-electron chi connectivity index (χ2n) is 2.41. The van der Waals surface area contributed by atoms with Crippen LogP contribution < -0.4 is 0 Å². The van der Waals surface area contributed by atoms with E-state index in [1.165, 1.54) is 10.9 Å². The highest BCUT2D eigenvalue weighted by atomic mass is 16.3. The van der Waals surface area contributed by atoms with Crippen molar-refractivity contribution >= 4 is 11.0 Å². The molecule has 0 bridgehead atoms. The average Bonchev–Trinajstić information content (AvgIpc) is 2.67. The minimum absolute atomic E-state index is 0.972. The summed E-state index contributed by atoms with van der Waals surface area (Å²) in [5.74, 6) is 0. The molecule has 0 unspecified atom stereocenters. The van der Waals surface area contributed by atoms with Gasteiger partial charge >= 0.3 is 0 Å². The van der Waals surface area contributed by atoms with E-state index in [-0.39, 0.29) is 0 Å². The Labute approximate surface area is 86.7 Å². The number of aryl methyl sites for hydroxylation is 1. The standard InChI is InChI=1S/C9H8O.2C2H6/c1-7-6-10-9-5-3-2-4-8(7)9;2*1-2/h2-6H,1H3;2*1-2H3. The summed E-state index contributed by atoms with van der Waals surface area (Å²) in [5, 5.41) is 1.21. The molecule has 0 fully saturated rings. The van der Waals surface area contributed by atoms with Crippen molar-refractivity contribution in [2.45, 2.75) is 34.6 Å². The Morgan fingerprint density at radius 3 is 2.07 bits per heavy atom. The first-order chi connectivity index (χ1) is 6.88. The van der Waals surface area contributed by atoms with Gasteiger partial charge in [-0.15, -0.1) is 0 Å². The first-order valence-electron chi connectivity index (χ1n) is 5.31. The van der Waals surface area contributed by atoms with Gasteiger partial charge in [0.2, 0.25) is 0 Å². The molecule has 0 amide bonds. The van der Waals surface area contributed by atoms with Gasteiger partial charge in [0.1, 0.15) is 5.58 Å². The topological polar surface area (TPSA) is 13.1 Å². The molecule has 0 aliphatic carbocycles. The minimum Gasteiger partial charge on any atom is -0.464 e. The van der Waals surface area contributed by atoms with Gasteiger partial charge in [-0.05, 0) is 18.6 Å². The highest BCUT2D eigenvalue weighted by molar-refractivity contribution is 5.80. The molecule has 1 aromatic carbocycles. The van der Waals surface area contributed by atoms with Crippen LogP contribution in [0.2, 0.25) is 0 Å². The van der Waals surface area contributed by atoms with Crippen molar-refractivity contribution in [2.24, 2.45) is 0 Å². The van der Waals surface area contributed by atoms with E-state index < -0.39 is 0 Å². The van der Waals surface area contributed by atoms with Gasteiger partial charge in [-0.3, -0.25) is 0 Å². The zero-order chi connectivity index (χ0) is 11.0. The van der Waals surface area contributed by atoms with Crippen molar-refractivity contribution in [1.29, 1.82) is 0 Å². The van der Waals surface area contributed by atoms with E-state index in [1.54, 1.807) is 6.26 Å². The highest BCUT2D eigenvalue weighted by Crippen LogP contribution is 2.18. The van der Waals surface area contributed by atoms with Crippen LogP contribution in [0.1, 0.15) is 33.3 Å². The SMILES string of the molecule is CC.CC.Cc1coc2ccccc12. The number of furan rings is 1. The average molecular weight is 192 g/mol. The Morgan fingerprint density at radius 2 is 1.50 bits per heavy atom. The fourth-order valence-electron chi connectivity index (χ4n) is 1.11. The molecule has 0 aliphatic heterocycles. The van der Waals surface area contributed by atoms with E-state index in [0.29, 0.717) is 0 Å². The van der Waals surface area contributed by atoms with Crippen molar-refractivity contribution < 1.29 is 4.42 Å². The molecule has 0 saturated carbocycles. The van der Waals surface area contributed by atoms with Crippen LogP contribution in [-0.2, 0) is 0 Å². The minimum atomic E-state index is 0.972. The van der Waals surface area contributed by atoms with Crippen molar-refractivity contribution in [3.8, 4) is 0 Å². The first kappa shape index (κ1) is 12.8. The molecule has 1 nitrogen and oxygen atoms in total. The molecule has 2 rings (SSSR count). The number of para-hydroxylation sites is 1. The predicted molar refractivity (Wildman–Crippen MR) is 63.6 cm³/mol. The van der Waals surface area contributed by atoms with Gasteiger partial charge in [0.25, 0.3) is 0 Å². The molecule has 1 heterocycles. The van der Waals surface area contributed by atoms with Crippen molar-refractivity contribution in [2.75, 3.05) is 0 Å². The molecule has 0 aliphatic rings. The zero-order valence-corrected chi connectivity index (χ0v) is 9.79. The van der Waals surface area contributed by atoms with Gasteiger partial charge in [0, 0.05) is 5.39 Å². The van der Waals surface area contributed by atoms with Crippen LogP contribution in [0.5, 0.6) is 0 Å². The lowest BCUT2D eigenvalue weighted by Crippen LogP contribution is -1.63. The van der Waals surface area contributed by atoms with Crippen molar-refractivity contribution in [3.05, 3.63) is 36.1 Å². The molecule has 1 aromatic heterocycles. The Bertz CT molecular complexity index is 347. The molecular formula is C13H20O. The molecule has 0 spiro atoms. The smallest absolute Gasteiger partial charge is 0.134 e. The molecule has 14 heavy (non-hydrogen) atoms. The maximum Gasteiger partial charge on any atom is 0.134 e. The van der Waals surface area contributed by atoms with E-state index in [1.807, 2.05) is 52.8 Å². The number of rotatable bonds is 0. The summed E-state index contributed by atoms with van der Waals surface area (Å²) in [7, 11) is 0. The van der Waals surface area contributed by atoms with Gasteiger partial charge in [-0.25, -0.2) is 0 Å². The Balaban J connectivity index is 0.000000379. The van der Waals surface area contributed by atoms with E-state index in [0.717, 1.165) is 5.58 Å². The molecule has 0 N–H and O–H groups in total. The largest absolute Gasteiger partial charge is 0.464 e. The van der Waals surface area contributed by atoms with Crippen LogP contribution in [-0.4, -0.2) is 0 Å². The monoisotopic (exact) mass is 192 g/mol. The lowest BCUT2D eigenvalue weighted by molar-refractivity contribution is 0.613. The van der Waals surface area contributed by atoms with E-state index in [4.69, 9.17) is 4.42 Å². The van der Waals surface area contributed by atoms with Gasteiger partial charge in [0.05, 0.1) is 6.26 Å². The molecule has 78 valence electrons. The lowest BCUT2D eigenvalue weighted by atomic mass is 10.2. The van der Waals surface area contributed by atoms with E-state index >= 15 is 0 Å². The van der Waals surface area contributed by atoms with Crippen LogP contribution in [0.3, 0.4) is 0 Å². The van der Waals surface area contributed by atoms with Crippen LogP contribution in [0.4, 0.5) is 0 Å². The number of hydrogen-bond donors (Lipinski definition) is 0.